The number of carboxylic acid groups (broad SMARTS) is 1. The fourth-order valence-corrected chi connectivity index (χ4v) is 1.71. The zero-order valence-electron chi connectivity index (χ0n) is 9.59. The molecular weight excluding hydrogens is 206 g/mol. The van der Waals surface area contributed by atoms with Gasteiger partial charge in [0.1, 0.15) is 0 Å². The van der Waals surface area contributed by atoms with Gasteiger partial charge in [0.05, 0.1) is 12.1 Å². The molecule has 3 N–H and O–H groups in total. The Bertz CT molecular complexity index is 336. The fraction of sp³-hybridized carbons (Fsp3) is 0.636. The third-order valence-electron chi connectivity index (χ3n) is 2.60. The molecule has 1 heterocycles. The highest BCUT2D eigenvalue weighted by Crippen LogP contribution is 2.15. The number of carboxylic acids is 1. The van der Waals surface area contributed by atoms with Gasteiger partial charge in [-0.2, -0.15) is 5.10 Å². The number of nitrogens with two attached hydrogens (primary N) is 1. The molecule has 90 valence electrons. The van der Waals surface area contributed by atoms with E-state index in [4.69, 9.17) is 10.8 Å². The van der Waals surface area contributed by atoms with Crippen LogP contribution in [-0.4, -0.2) is 27.4 Å². The van der Waals surface area contributed by atoms with E-state index in [1.807, 2.05) is 13.2 Å². The zero-order chi connectivity index (χ0) is 12.0. The van der Waals surface area contributed by atoms with Gasteiger partial charge in [0.15, 0.2) is 0 Å². The Labute approximate surface area is 95.3 Å². The molecule has 5 heteroatoms. The summed E-state index contributed by atoms with van der Waals surface area (Å²) in [5.74, 6) is -1.06. The first-order valence-corrected chi connectivity index (χ1v) is 5.54. The molecule has 1 atom stereocenters. The molecule has 0 aliphatic heterocycles. The second kappa shape index (κ2) is 6.27. The number of aromatic nitrogens is 2. The first-order valence-electron chi connectivity index (χ1n) is 5.54. The van der Waals surface area contributed by atoms with Crippen molar-refractivity contribution in [2.75, 3.05) is 6.54 Å². The monoisotopic (exact) mass is 225 g/mol. The topological polar surface area (TPSA) is 81.1 Å². The summed E-state index contributed by atoms with van der Waals surface area (Å²) in [6, 6.07) is 0. The van der Waals surface area contributed by atoms with E-state index in [0.29, 0.717) is 19.4 Å². The number of rotatable bonds is 7. The first kappa shape index (κ1) is 12.7. The smallest absolute Gasteiger partial charge is 0.306 e. The molecular formula is C11H19N3O2. The first-order chi connectivity index (χ1) is 7.63. The van der Waals surface area contributed by atoms with Gasteiger partial charge in [-0.25, -0.2) is 0 Å². The Morgan fingerprint density at radius 2 is 2.38 bits per heavy atom. The molecule has 0 amide bonds. The average molecular weight is 225 g/mol. The van der Waals surface area contributed by atoms with Gasteiger partial charge in [0.2, 0.25) is 0 Å². The molecule has 0 saturated heterocycles. The van der Waals surface area contributed by atoms with Gasteiger partial charge in [-0.05, 0) is 31.4 Å². The number of carbonyl (C=O) groups is 1. The van der Waals surface area contributed by atoms with Crippen LogP contribution in [0.4, 0.5) is 0 Å². The maximum Gasteiger partial charge on any atom is 0.306 e. The van der Waals surface area contributed by atoms with Gasteiger partial charge in [-0.3, -0.25) is 9.48 Å². The predicted molar refractivity (Wildman–Crippen MR) is 60.9 cm³/mol. The van der Waals surface area contributed by atoms with E-state index in [9.17, 15) is 4.79 Å². The summed E-state index contributed by atoms with van der Waals surface area (Å²) in [7, 11) is 1.83. The molecule has 0 spiro atoms. The van der Waals surface area contributed by atoms with Crippen molar-refractivity contribution in [2.45, 2.75) is 25.7 Å². The summed E-state index contributed by atoms with van der Waals surface area (Å²) in [6.07, 6.45) is 6.57. The van der Waals surface area contributed by atoms with E-state index in [1.54, 1.807) is 10.9 Å². The quantitative estimate of drug-likeness (QED) is 0.672. The van der Waals surface area contributed by atoms with Crippen LogP contribution in [0.2, 0.25) is 0 Å². The Kier molecular flexibility index (Phi) is 4.98. The molecule has 0 radical (unpaired) electrons. The van der Waals surface area contributed by atoms with E-state index in [0.717, 1.165) is 18.4 Å². The Morgan fingerprint density at radius 3 is 2.88 bits per heavy atom. The molecule has 0 bridgehead atoms. The maximum absolute atomic E-state index is 11.0. The summed E-state index contributed by atoms with van der Waals surface area (Å²) in [4.78, 5) is 11.0. The minimum Gasteiger partial charge on any atom is -0.481 e. The maximum atomic E-state index is 11.0. The predicted octanol–water partition coefficient (Wildman–Crippen LogP) is 0.792. The van der Waals surface area contributed by atoms with Crippen LogP contribution >= 0.6 is 0 Å². The molecule has 5 nitrogen and oxygen atoms in total. The summed E-state index contributed by atoms with van der Waals surface area (Å²) in [5, 5.41) is 13.1. The van der Waals surface area contributed by atoms with Crippen molar-refractivity contribution in [3.05, 3.63) is 18.0 Å². The highest BCUT2D eigenvalue weighted by atomic mass is 16.4. The zero-order valence-corrected chi connectivity index (χ0v) is 9.59. The van der Waals surface area contributed by atoms with Crippen molar-refractivity contribution in [1.29, 1.82) is 0 Å². The van der Waals surface area contributed by atoms with Crippen molar-refractivity contribution >= 4 is 5.97 Å². The molecule has 1 rings (SSSR count). The van der Waals surface area contributed by atoms with Gasteiger partial charge in [0, 0.05) is 13.2 Å². The summed E-state index contributed by atoms with van der Waals surface area (Å²) in [6.45, 7) is 0.624. The van der Waals surface area contributed by atoms with Crippen LogP contribution in [-0.2, 0) is 18.3 Å². The molecule has 0 aromatic carbocycles. The van der Waals surface area contributed by atoms with Gasteiger partial charge in [-0.15, -0.1) is 0 Å². The van der Waals surface area contributed by atoms with Crippen LogP contribution in [0.5, 0.6) is 0 Å². The van der Waals surface area contributed by atoms with E-state index < -0.39 is 5.97 Å². The second-order valence-electron chi connectivity index (χ2n) is 4.05. The molecule has 0 aliphatic carbocycles. The van der Waals surface area contributed by atoms with Gasteiger partial charge in [-0.1, -0.05) is 6.42 Å². The highest BCUT2D eigenvalue weighted by molar-refractivity contribution is 5.70. The van der Waals surface area contributed by atoms with Gasteiger partial charge < -0.3 is 10.8 Å². The third kappa shape index (κ3) is 4.02. The number of unbranched alkanes of at least 4 members (excludes halogenated alkanes) is 1. The second-order valence-corrected chi connectivity index (χ2v) is 4.05. The van der Waals surface area contributed by atoms with Crippen molar-refractivity contribution in [3.63, 3.8) is 0 Å². The minimum absolute atomic E-state index is 0.323. The minimum atomic E-state index is -0.735. The normalized spacial score (nSPS) is 12.6. The van der Waals surface area contributed by atoms with E-state index in [1.165, 1.54) is 0 Å². The number of aliphatic carboxylic acids is 1. The Hall–Kier alpha value is -1.36. The van der Waals surface area contributed by atoms with Crippen LogP contribution in [0.25, 0.3) is 0 Å². The molecule has 0 fully saturated rings. The standard InChI is InChI=1S/C11H19N3O2/c1-14-8-9(7-13-14)6-10(11(15)16)4-2-3-5-12/h7-8,10H,2-6,12H2,1H3,(H,15,16). The van der Waals surface area contributed by atoms with Crippen LogP contribution in [0.15, 0.2) is 12.4 Å². The fourth-order valence-electron chi connectivity index (χ4n) is 1.71. The molecule has 0 aliphatic rings. The Balaban J connectivity index is 2.47. The van der Waals surface area contributed by atoms with Crippen molar-refractivity contribution < 1.29 is 9.90 Å². The van der Waals surface area contributed by atoms with E-state index in [2.05, 4.69) is 5.10 Å². The summed E-state index contributed by atoms with van der Waals surface area (Å²) < 4.78 is 1.69. The molecule has 16 heavy (non-hydrogen) atoms. The van der Waals surface area contributed by atoms with Gasteiger partial charge in [0.25, 0.3) is 0 Å². The lowest BCUT2D eigenvalue weighted by atomic mass is 9.96. The van der Waals surface area contributed by atoms with Gasteiger partial charge >= 0.3 is 5.97 Å². The number of aryl methyl sites for hydroxylation is 1. The van der Waals surface area contributed by atoms with Crippen molar-refractivity contribution in [1.82, 2.24) is 9.78 Å². The molecule has 1 aromatic heterocycles. The lowest BCUT2D eigenvalue weighted by molar-refractivity contribution is -0.142. The number of hydrogen-bond acceptors (Lipinski definition) is 3. The highest BCUT2D eigenvalue weighted by Gasteiger charge is 2.17. The van der Waals surface area contributed by atoms with E-state index >= 15 is 0 Å². The van der Waals surface area contributed by atoms with Crippen molar-refractivity contribution in [2.24, 2.45) is 18.7 Å². The van der Waals surface area contributed by atoms with Crippen LogP contribution in [0, 0.1) is 5.92 Å². The largest absolute Gasteiger partial charge is 0.481 e. The van der Waals surface area contributed by atoms with Crippen LogP contribution in [0.3, 0.4) is 0 Å². The van der Waals surface area contributed by atoms with Crippen LogP contribution in [0.1, 0.15) is 24.8 Å². The van der Waals surface area contributed by atoms with Crippen molar-refractivity contribution in [3.8, 4) is 0 Å². The Morgan fingerprint density at radius 1 is 1.62 bits per heavy atom. The number of nitrogens with zero attached hydrogens (tertiary/aromatic N) is 2. The molecule has 1 aromatic rings. The van der Waals surface area contributed by atoms with Crippen LogP contribution < -0.4 is 5.73 Å². The number of hydrogen-bond donors (Lipinski definition) is 2. The van der Waals surface area contributed by atoms with E-state index in [-0.39, 0.29) is 5.92 Å². The average Bonchev–Trinajstić information content (AvgIpc) is 2.63. The lowest BCUT2D eigenvalue weighted by Crippen LogP contribution is -2.16. The summed E-state index contributed by atoms with van der Waals surface area (Å²) in [5.41, 5.74) is 6.36. The SMILES string of the molecule is Cn1cc(CC(CCCCN)C(=O)O)cn1. The third-order valence-corrected chi connectivity index (χ3v) is 2.60. The molecule has 1 unspecified atom stereocenters. The lowest BCUT2D eigenvalue weighted by Gasteiger charge is -2.10. The summed E-state index contributed by atoms with van der Waals surface area (Å²) >= 11 is 0. The molecule has 0 saturated carbocycles.